The van der Waals surface area contributed by atoms with E-state index in [0.29, 0.717) is 0 Å². The molecule has 0 spiro atoms. The first-order valence-electron chi connectivity index (χ1n) is 2.83. The Morgan fingerprint density at radius 1 is 0.824 bits per heavy atom. The molecule has 8 heteroatoms. The normalized spacial score (nSPS) is 3.71. The molecule has 0 saturated heterocycles. The molecule has 0 amide bonds. The van der Waals surface area contributed by atoms with Crippen molar-refractivity contribution in [2.45, 2.75) is 0 Å². The summed E-state index contributed by atoms with van der Waals surface area (Å²) in [5.41, 5.74) is 0. The van der Waals surface area contributed by atoms with E-state index in [1.807, 2.05) is 17.8 Å². The average molecular weight is 406 g/mol. The Morgan fingerprint density at radius 2 is 1.12 bits per heavy atom. The maximum absolute atomic E-state index is 7.50. The summed E-state index contributed by atoms with van der Waals surface area (Å²) in [6.45, 7) is 22.5. The second kappa shape index (κ2) is 86.1. The van der Waals surface area contributed by atoms with Crippen molar-refractivity contribution in [1.29, 1.82) is 0 Å². The Morgan fingerprint density at radius 3 is 1.18 bits per heavy atom. The minimum Gasteiger partial charge on any atom is 0 e. The fraction of sp³-hybridized carbons (Fsp3) is 0.111. The van der Waals surface area contributed by atoms with Gasteiger partial charge in [0.15, 0.2) is 0 Å². The molecule has 1 aromatic rings. The molecule has 0 bridgehead atoms. The van der Waals surface area contributed by atoms with Crippen LogP contribution in [0.3, 0.4) is 0 Å². The number of hydrogen-bond donors (Lipinski definition) is 0. The second-order valence-corrected chi connectivity index (χ2v) is 1.23. The van der Waals surface area contributed by atoms with Crippen LogP contribution in [-0.2, 0) is 51.4 Å². The largest absolute Gasteiger partial charge is 0 e. The van der Waals surface area contributed by atoms with Gasteiger partial charge in [0.05, 0.1) is 6.33 Å². The van der Waals surface area contributed by atoms with E-state index in [0.717, 1.165) is 0 Å². The van der Waals surface area contributed by atoms with Crippen LogP contribution >= 0.6 is 0 Å². The van der Waals surface area contributed by atoms with Crippen LogP contribution in [0.15, 0.2) is 18.7 Å². The first kappa shape index (κ1) is 36.1. The van der Waals surface area contributed by atoms with Crippen molar-refractivity contribution >= 4 is 0 Å². The molecule has 0 aliphatic rings. The van der Waals surface area contributed by atoms with Crippen LogP contribution in [0.2, 0.25) is 0 Å². The van der Waals surface area contributed by atoms with E-state index >= 15 is 0 Å². The van der Waals surface area contributed by atoms with Crippen LogP contribution in [0.5, 0.6) is 0 Å². The Bertz CT molecular complexity index is 252. The Labute approximate surface area is 113 Å². The zero-order chi connectivity index (χ0) is 14.4. The number of aryl methyl sites for hydroxylation is 1. The van der Waals surface area contributed by atoms with E-state index in [2.05, 4.69) is 38.2 Å². The number of rotatable bonds is 0. The van der Waals surface area contributed by atoms with Gasteiger partial charge in [-0.3, -0.25) is 0 Å². The van der Waals surface area contributed by atoms with Gasteiger partial charge in [-0.15, -0.1) is 0 Å². The summed E-state index contributed by atoms with van der Waals surface area (Å²) in [4.78, 5) is 3.78. The maximum atomic E-state index is 7.50. The van der Waals surface area contributed by atoms with Gasteiger partial charge in [-0.1, -0.05) is 0 Å². The van der Waals surface area contributed by atoms with Gasteiger partial charge in [0.1, 0.15) is 0 Å². The number of hydrogen-bond acceptors (Lipinski definition) is 1. The number of imidazole rings is 1. The van der Waals surface area contributed by atoms with Gasteiger partial charge in [-0.05, 0) is 0 Å². The van der Waals surface area contributed by atoms with Gasteiger partial charge in [-0.25, -0.2) is 4.98 Å². The van der Waals surface area contributed by atoms with Crippen LogP contribution in [-0.4, -0.2) is 9.55 Å². The SMILES string of the molecule is Cn1ccnc1.[C-]#[O+].[C-]#[O+].[C-]#[O+].[C-]#[O+].[C-]#[O+].[W]. The van der Waals surface area contributed by atoms with E-state index < -0.39 is 0 Å². The van der Waals surface area contributed by atoms with E-state index in [9.17, 15) is 0 Å². The Balaban J connectivity index is -0.0000000242. The minimum absolute atomic E-state index is 0. The van der Waals surface area contributed by atoms with Crippen molar-refractivity contribution in [1.82, 2.24) is 9.55 Å². The molecule has 0 N–H and O–H groups in total. The van der Waals surface area contributed by atoms with Gasteiger partial charge in [0.25, 0.3) is 0 Å². The first-order chi connectivity index (χ1) is 7.89. The first-order valence-corrected chi connectivity index (χ1v) is 2.83. The second-order valence-electron chi connectivity index (χ2n) is 1.23. The van der Waals surface area contributed by atoms with Gasteiger partial charge in [-0.2, -0.15) is 0 Å². The molecule has 0 aliphatic heterocycles. The van der Waals surface area contributed by atoms with E-state index in [1.165, 1.54) is 0 Å². The molecular weight excluding hydrogens is 400 g/mol. The molecule has 0 aliphatic carbocycles. The summed E-state index contributed by atoms with van der Waals surface area (Å²) in [5.74, 6) is 0. The molecular formula is C9H6N2O5W. The van der Waals surface area contributed by atoms with Crippen LogP contribution < -0.4 is 0 Å². The van der Waals surface area contributed by atoms with Crippen LogP contribution in [0, 0.1) is 33.3 Å². The predicted molar refractivity (Wildman–Crippen MR) is 42.9 cm³/mol. The van der Waals surface area contributed by atoms with Crippen molar-refractivity contribution < 1.29 is 44.3 Å². The predicted octanol–water partition coefficient (Wildman–Crippen LogP) is 0.230. The zero-order valence-corrected chi connectivity index (χ0v) is 11.5. The third kappa shape index (κ3) is 73.9. The summed E-state index contributed by atoms with van der Waals surface area (Å²) in [5, 5.41) is 0. The van der Waals surface area contributed by atoms with Gasteiger partial charge < -0.3 is 4.57 Å². The van der Waals surface area contributed by atoms with E-state index in [-0.39, 0.29) is 21.1 Å². The van der Waals surface area contributed by atoms with E-state index in [4.69, 9.17) is 23.3 Å². The van der Waals surface area contributed by atoms with Crippen LogP contribution in [0.1, 0.15) is 0 Å². The maximum Gasteiger partial charge on any atom is 0 e. The third-order valence-corrected chi connectivity index (χ3v) is 0.637. The van der Waals surface area contributed by atoms with Crippen molar-refractivity contribution in [2.75, 3.05) is 0 Å². The molecule has 17 heavy (non-hydrogen) atoms. The fourth-order valence-corrected chi connectivity index (χ4v) is 0.326. The van der Waals surface area contributed by atoms with Crippen molar-refractivity contribution in [3.63, 3.8) is 0 Å². The summed E-state index contributed by atoms with van der Waals surface area (Å²) >= 11 is 0. The van der Waals surface area contributed by atoms with Gasteiger partial charge in [0, 0.05) is 40.5 Å². The third-order valence-electron chi connectivity index (χ3n) is 0.637. The summed E-state index contributed by atoms with van der Waals surface area (Å²) in [7, 11) is 1.94. The smallest absolute Gasteiger partial charge is 0 e. The quantitative estimate of drug-likeness (QED) is 0.445. The van der Waals surface area contributed by atoms with E-state index in [1.54, 1.807) is 12.5 Å². The fourth-order valence-electron chi connectivity index (χ4n) is 0.326. The van der Waals surface area contributed by atoms with Crippen LogP contribution in [0.25, 0.3) is 0 Å². The van der Waals surface area contributed by atoms with Gasteiger partial charge in [0.2, 0.25) is 0 Å². The average Bonchev–Trinajstić information content (AvgIpc) is 2.92. The topological polar surface area (TPSA) is 117 Å². The number of nitrogens with zero attached hydrogens (tertiary/aromatic N) is 2. The Hall–Kier alpha value is -1.40. The molecule has 0 saturated carbocycles. The molecule has 0 radical (unpaired) electrons. The minimum atomic E-state index is 0. The molecule has 1 heterocycles. The molecule has 7 nitrogen and oxygen atoms in total. The zero-order valence-electron chi connectivity index (χ0n) is 8.58. The summed E-state index contributed by atoms with van der Waals surface area (Å²) in [6.07, 6.45) is 5.39. The monoisotopic (exact) mass is 406 g/mol. The number of aromatic nitrogens is 2. The Kier molecular flexibility index (Phi) is 183. The molecule has 0 aromatic carbocycles. The summed E-state index contributed by atoms with van der Waals surface area (Å²) < 4.78 is 39.4. The molecule has 1 aromatic heterocycles. The molecule has 88 valence electrons. The standard InChI is InChI=1S/C4H6N2.5CO.W/c1-6-3-2-5-4-6;5*1-2;/h2-4H,1H3;;;;;;. The van der Waals surface area contributed by atoms with Gasteiger partial charge >= 0.3 is 56.5 Å². The van der Waals surface area contributed by atoms with Crippen LogP contribution in [0.4, 0.5) is 0 Å². The molecule has 0 unspecified atom stereocenters. The van der Waals surface area contributed by atoms with Crippen molar-refractivity contribution in [3.8, 4) is 0 Å². The molecule has 0 atom stereocenters. The molecule has 1 rings (SSSR count). The van der Waals surface area contributed by atoms with Crippen molar-refractivity contribution in [2.24, 2.45) is 7.05 Å². The summed E-state index contributed by atoms with van der Waals surface area (Å²) in [6, 6.07) is 0. The van der Waals surface area contributed by atoms with Crippen molar-refractivity contribution in [3.05, 3.63) is 52.0 Å². The molecule has 0 fully saturated rings.